The number of hydrogen-bond acceptors (Lipinski definition) is 5. The number of carbonyl (C=O) groups is 1. The van der Waals surface area contributed by atoms with Gasteiger partial charge in [0.2, 0.25) is 5.91 Å². The number of piperidine rings is 1. The Morgan fingerprint density at radius 2 is 2.22 bits per heavy atom. The third kappa shape index (κ3) is 5.55. The summed E-state index contributed by atoms with van der Waals surface area (Å²) in [5.74, 6) is 0.382. The van der Waals surface area contributed by atoms with Gasteiger partial charge in [-0.2, -0.15) is 0 Å². The normalized spacial score (nSPS) is 19.6. The summed E-state index contributed by atoms with van der Waals surface area (Å²) in [4.78, 5) is 23.2. The lowest BCUT2D eigenvalue weighted by Crippen LogP contribution is -2.46. The Kier molecular flexibility index (Phi) is 6.07. The topological polar surface area (TPSA) is 78.4 Å². The lowest BCUT2D eigenvalue weighted by Gasteiger charge is -2.29. The van der Waals surface area contributed by atoms with Gasteiger partial charge in [0, 0.05) is 31.3 Å². The highest BCUT2D eigenvalue weighted by Crippen LogP contribution is 2.24. The quantitative estimate of drug-likeness (QED) is 0.821. The van der Waals surface area contributed by atoms with E-state index in [1.54, 1.807) is 20.0 Å². The van der Waals surface area contributed by atoms with Gasteiger partial charge in [-0.1, -0.05) is 0 Å². The van der Waals surface area contributed by atoms with Crippen LogP contribution in [-0.2, 0) is 11.2 Å². The molecule has 23 heavy (non-hydrogen) atoms. The smallest absolute Gasteiger partial charge is 0.220 e. The summed E-state index contributed by atoms with van der Waals surface area (Å²) in [6.45, 7) is 5.69. The fourth-order valence-corrected chi connectivity index (χ4v) is 2.83. The van der Waals surface area contributed by atoms with Crippen LogP contribution < -0.4 is 5.32 Å². The van der Waals surface area contributed by atoms with Gasteiger partial charge in [-0.15, -0.1) is 0 Å². The molecule has 2 N–H and O–H groups in total. The minimum atomic E-state index is -0.584. The first-order valence-electron chi connectivity index (χ1n) is 8.31. The van der Waals surface area contributed by atoms with E-state index in [2.05, 4.69) is 27.2 Å². The van der Waals surface area contributed by atoms with E-state index in [1.165, 1.54) is 6.42 Å². The predicted octanol–water partition coefficient (Wildman–Crippen LogP) is 1.11. The molecule has 6 nitrogen and oxygen atoms in total. The lowest BCUT2D eigenvalue weighted by atomic mass is 9.95. The Morgan fingerprint density at radius 3 is 2.83 bits per heavy atom. The zero-order valence-corrected chi connectivity index (χ0v) is 14.4. The van der Waals surface area contributed by atoms with Gasteiger partial charge in [0.05, 0.1) is 23.5 Å². The molecule has 1 aromatic heterocycles. The number of nitrogens with one attached hydrogen (secondary N) is 1. The molecule has 6 heteroatoms. The number of rotatable bonds is 6. The molecule has 0 saturated carbocycles. The van der Waals surface area contributed by atoms with E-state index in [-0.39, 0.29) is 12.5 Å². The van der Waals surface area contributed by atoms with Crippen molar-refractivity contribution in [3.05, 3.63) is 23.8 Å². The first-order valence-corrected chi connectivity index (χ1v) is 8.31. The molecule has 1 aromatic rings. The largest absolute Gasteiger partial charge is 0.394 e. The van der Waals surface area contributed by atoms with Crippen molar-refractivity contribution in [3.8, 4) is 0 Å². The Morgan fingerprint density at radius 1 is 1.43 bits per heavy atom. The average Bonchev–Trinajstić information content (AvgIpc) is 2.53. The number of aryl methyl sites for hydroxylation is 1. The van der Waals surface area contributed by atoms with E-state index in [1.807, 2.05) is 6.20 Å². The van der Waals surface area contributed by atoms with Crippen LogP contribution in [0.2, 0.25) is 0 Å². The molecule has 0 aliphatic carbocycles. The molecular weight excluding hydrogens is 292 g/mol. The molecule has 1 amide bonds. The molecule has 1 unspecified atom stereocenters. The van der Waals surface area contributed by atoms with E-state index < -0.39 is 5.54 Å². The van der Waals surface area contributed by atoms with Gasteiger partial charge in [-0.25, -0.2) is 0 Å². The molecule has 1 aliphatic heterocycles. The first kappa shape index (κ1) is 17.8. The second-order valence-corrected chi connectivity index (χ2v) is 7.12. The van der Waals surface area contributed by atoms with Crippen LogP contribution in [0.5, 0.6) is 0 Å². The van der Waals surface area contributed by atoms with Crippen LogP contribution in [-0.4, -0.2) is 58.2 Å². The van der Waals surface area contributed by atoms with Crippen molar-refractivity contribution >= 4 is 5.91 Å². The fourth-order valence-electron chi connectivity index (χ4n) is 2.83. The monoisotopic (exact) mass is 320 g/mol. The van der Waals surface area contributed by atoms with Crippen molar-refractivity contribution < 1.29 is 9.90 Å². The van der Waals surface area contributed by atoms with Gasteiger partial charge in [0.15, 0.2) is 0 Å². The maximum atomic E-state index is 11.9. The molecule has 1 atom stereocenters. The van der Waals surface area contributed by atoms with Crippen LogP contribution in [0.4, 0.5) is 0 Å². The van der Waals surface area contributed by atoms with E-state index >= 15 is 0 Å². The van der Waals surface area contributed by atoms with Crippen molar-refractivity contribution in [1.29, 1.82) is 0 Å². The van der Waals surface area contributed by atoms with Gasteiger partial charge >= 0.3 is 0 Å². The SMILES string of the molecule is CN1CCCC(c2cnc(CCC(=O)NC(C)(C)CO)cn2)C1. The van der Waals surface area contributed by atoms with Crippen molar-refractivity contribution in [2.75, 3.05) is 26.7 Å². The van der Waals surface area contributed by atoms with Gasteiger partial charge in [-0.05, 0) is 46.7 Å². The third-order valence-electron chi connectivity index (χ3n) is 4.25. The highest BCUT2D eigenvalue weighted by molar-refractivity contribution is 5.76. The molecule has 2 rings (SSSR count). The molecule has 0 bridgehead atoms. The van der Waals surface area contributed by atoms with Gasteiger partial charge in [0.25, 0.3) is 0 Å². The molecule has 0 spiro atoms. The fraction of sp³-hybridized carbons (Fsp3) is 0.706. The Labute approximate surface area is 138 Å². The Hall–Kier alpha value is -1.53. The van der Waals surface area contributed by atoms with Crippen molar-refractivity contribution in [1.82, 2.24) is 20.2 Å². The summed E-state index contributed by atoms with van der Waals surface area (Å²) in [5, 5.41) is 12.0. The minimum absolute atomic E-state index is 0.0798. The number of aliphatic hydroxyl groups is 1. The summed E-state index contributed by atoms with van der Waals surface area (Å²) in [6.07, 6.45) is 6.92. The number of aliphatic hydroxyl groups excluding tert-OH is 1. The summed E-state index contributed by atoms with van der Waals surface area (Å²) < 4.78 is 0. The second kappa shape index (κ2) is 7.84. The maximum absolute atomic E-state index is 11.9. The van der Waals surface area contributed by atoms with Crippen molar-refractivity contribution in [2.24, 2.45) is 0 Å². The summed E-state index contributed by atoms with van der Waals surface area (Å²) >= 11 is 0. The number of aromatic nitrogens is 2. The molecule has 1 saturated heterocycles. The molecule has 1 fully saturated rings. The van der Waals surface area contributed by atoms with Crippen LogP contribution in [0.15, 0.2) is 12.4 Å². The van der Waals surface area contributed by atoms with E-state index in [4.69, 9.17) is 5.11 Å². The molecule has 0 aromatic carbocycles. The van der Waals surface area contributed by atoms with Crippen LogP contribution in [0, 0.1) is 0 Å². The molecular formula is C17H28N4O2. The summed E-state index contributed by atoms with van der Waals surface area (Å²) in [5.41, 5.74) is 1.29. The first-order chi connectivity index (χ1) is 10.9. The van der Waals surface area contributed by atoms with Crippen molar-refractivity contribution in [2.45, 2.75) is 51.0 Å². The predicted molar refractivity (Wildman–Crippen MR) is 89.1 cm³/mol. The van der Waals surface area contributed by atoms with Crippen LogP contribution in [0.25, 0.3) is 0 Å². The van der Waals surface area contributed by atoms with E-state index in [0.29, 0.717) is 18.8 Å². The number of nitrogens with zero attached hydrogens (tertiary/aromatic N) is 3. The van der Waals surface area contributed by atoms with E-state index in [9.17, 15) is 4.79 Å². The zero-order valence-electron chi connectivity index (χ0n) is 14.4. The number of hydrogen-bond donors (Lipinski definition) is 2. The highest BCUT2D eigenvalue weighted by atomic mass is 16.3. The van der Waals surface area contributed by atoms with Crippen LogP contribution >= 0.6 is 0 Å². The minimum Gasteiger partial charge on any atom is -0.394 e. The van der Waals surface area contributed by atoms with Crippen LogP contribution in [0.1, 0.15) is 50.4 Å². The number of carbonyl (C=O) groups excluding carboxylic acids is 1. The Balaban J connectivity index is 1.84. The standard InChI is InChI=1S/C17H28N4O2/c1-17(2,12-22)20-16(23)7-6-14-9-19-15(10-18-14)13-5-4-8-21(3)11-13/h9-10,13,22H,4-8,11-12H2,1-3H3,(H,20,23). The average molecular weight is 320 g/mol. The van der Waals surface area contributed by atoms with E-state index in [0.717, 1.165) is 30.9 Å². The number of likely N-dealkylation sites (tertiary alicyclic amines) is 1. The number of amides is 1. The summed E-state index contributed by atoms with van der Waals surface area (Å²) in [6, 6.07) is 0. The molecule has 1 aliphatic rings. The zero-order chi connectivity index (χ0) is 16.9. The van der Waals surface area contributed by atoms with Crippen LogP contribution in [0.3, 0.4) is 0 Å². The molecule has 128 valence electrons. The molecule has 2 heterocycles. The Bertz CT molecular complexity index is 516. The summed E-state index contributed by atoms with van der Waals surface area (Å²) in [7, 11) is 2.14. The van der Waals surface area contributed by atoms with Crippen molar-refractivity contribution in [3.63, 3.8) is 0 Å². The maximum Gasteiger partial charge on any atom is 0.220 e. The third-order valence-corrected chi connectivity index (χ3v) is 4.25. The molecule has 0 radical (unpaired) electrons. The lowest BCUT2D eigenvalue weighted by molar-refractivity contribution is -0.123. The van der Waals surface area contributed by atoms with Gasteiger partial charge < -0.3 is 15.3 Å². The highest BCUT2D eigenvalue weighted by Gasteiger charge is 2.21. The number of likely N-dealkylation sites (N-methyl/N-ethyl adjacent to an activating group) is 1. The van der Waals surface area contributed by atoms with Gasteiger partial charge in [-0.3, -0.25) is 14.8 Å². The second-order valence-electron chi connectivity index (χ2n) is 7.12. The van der Waals surface area contributed by atoms with Gasteiger partial charge in [0.1, 0.15) is 0 Å².